The smallest absolute Gasteiger partial charge is 0.301 e. The minimum atomic E-state index is -0.306. The normalized spacial score (nSPS) is 11.0. The lowest BCUT2D eigenvalue weighted by molar-refractivity contribution is 0.543. The maximum Gasteiger partial charge on any atom is 0.301 e. The number of hydrogen-bond donors (Lipinski definition) is 3. The fourth-order valence-corrected chi connectivity index (χ4v) is 1.53. The molecule has 0 aliphatic rings. The Labute approximate surface area is 100 Å². The number of oxazole rings is 1. The molecular weight excluding hydrogens is 236 g/mol. The van der Waals surface area contributed by atoms with Crippen molar-refractivity contribution >= 4 is 23.1 Å². The highest BCUT2D eigenvalue weighted by Gasteiger charge is 2.09. The molecule has 18 heavy (non-hydrogen) atoms. The van der Waals surface area contributed by atoms with Crippen molar-refractivity contribution in [3.05, 3.63) is 28.1 Å². The number of nitrogens with zero attached hydrogens (tertiary/aromatic N) is 3. The monoisotopic (exact) mass is 246 g/mol. The summed E-state index contributed by atoms with van der Waals surface area (Å²) in [5, 5.41) is 2.79. The molecule has 92 valence electrons. The summed E-state index contributed by atoms with van der Waals surface area (Å²) in [6.07, 6.45) is 1.41. The van der Waals surface area contributed by atoms with E-state index in [1.54, 1.807) is 6.92 Å². The summed E-state index contributed by atoms with van der Waals surface area (Å²) in [5.41, 5.74) is 1.14. The van der Waals surface area contributed by atoms with Gasteiger partial charge in [-0.2, -0.15) is 9.97 Å². The molecule has 3 heterocycles. The van der Waals surface area contributed by atoms with Crippen LogP contribution in [0.3, 0.4) is 0 Å². The predicted octanol–water partition coefficient (Wildman–Crippen LogP) is 0.995. The van der Waals surface area contributed by atoms with Gasteiger partial charge in [-0.15, -0.1) is 0 Å². The molecule has 0 atom stereocenters. The SMILES string of the molecule is Cc1nc(Nc2nc3nc[nH]c3c(=O)[nH]2)oc1C. The zero-order valence-electron chi connectivity index (χ0n) is 9.74. The number of aromatic amines is 2. The summed E-state index contributed by atoms with van der Waals surface area (Å²) < 4.78 is 5.34. The van der Waals surface area contributed by atoms with Gasteiger partial charge >= 0.3 is 6.01 Å². The highest BCUT2D eigenvalue weighted by atomic mass is 16.4. The summed E-state index contributed by atoms with van der Waals surface area (Å²) >= 11 is 0. The van der Waals surface area contributed by atoms with E-state index in [1.165, 1.54) is 6.33 Å². The van der Waals surface area contributed by atoms with E-state index in [1.807, 2.05) is 6.92 Å². The Morgan fingerprint density at radius 2 is 2.17 bits per heavy atom. The van der Waals surface area contributed by atoms with Gasteiger partial charge in [-0.05, 0) is 13.8 Å². The van der Waals surface area contributed by atoms with Gasteiger partial charge in [0.25, 0.3) is 5.56 Å². The Balaban J connectivity index is 2.02. The quantitative estimate of drug-likeness (QED) is 0.621. The zero-order valence-corrected chi connectivity index (χ0v) is 9.74. The van der Waals surface area contributed by atoms with Gasteiger partial charge < -0.3 is 9.40 Å². The lowest BCUT2D eigenvalue weighted by Crippen LogP contribution is -2.11. The third kappa shape index (κ3) is 1.63. The maximum absolute atomic E-state index is 11.7. The van der Waals surface area contributed by atoms with Crippen LogP contribution < -0.4 is 10.9 Å². The van der Waals surface area contributed by atoms with Gasteiger partial charge in [0.2, 0.25) is 5.95 Å². The van der Waals surface area contributed by atoms with Crippen molar-refractivity contribution in [1.29, 1.82) is 0 Å². The van der Waals surface area contributed by atoms with Crippen molar-refractivity contribution in [2.75, 3.05) is 5.32 Å². The molecule has 3 rings (SSSR count). The minimum absolute atomic E-state index is 0.237. The van der Waals surface area contributed by atoms with Gasteiger partial charge in [0.1, 0.15) is 5.76 Å². The second-order valence-corrected chi connectivity index (χ2v) is 3.80. The summed E-state index contributed by atoms with van der Waals surface area (Å²) in [6.45, 7) is 3.64. The summed E-state index contributed by atoms with van der Waals surface area (Å²) in [6, 6.07) is 0.281. The Hall–Kier alpha value is -2.64. The number of aromatic nitrogens is 5. The van der Waals surface area contributed by atoms with Crippen LogP contribution >= 0.6 is 0 Å². The van der Waals surface area contributed by atoms with Crippen LogP contribution in [0, 0.1) is 13.8 Å². The number of aryl methyl sites for hydroxylation is 2. The molecule has 0 fully saturated rings. The molecule has 3 aromatic rings. The average Bonchev–Trinajstić information content (AvgIpc) is 2.87. The molecule has 0 saturated heterocycles. The fraction of sp³-hybridized carbons (Fsp3) is 0.200. The zero-order chi connectivity index (χ0) is 12.7. The van der Waals surface area contributed by atoms with Crippen molar-refractivity contribution < 1.29 is 4.42 Å². The van der Waals surface area contributed by atoms with E-state index in [0.717, 1.165) is 5.69 Å². The van der Waals surface area contributed by atoms with Gasteiger partial charge in [0.15, 0.2) is 11.2 Å². The topological polar surface area (TPSA) is 112 Å². The third-order valence-corrected chi connectivity index (χ3v) is 2.55. The molecule has 0 unspecified atom stereocenters. The number of nitrogens with one attached hydrogen (secondary N) is 3. The van der Waals surface area contributed by atoms with Crippen molar-refractivity contribution in [3.63, 3.8) is 0 Å². The Kier molecular flexibility index (Phi) is 2.15. The van der Waals surface area contributed by atoms with Gasteiger partial charge in [-0.3, -0.25) is 15.1 Å². The fourth-order valence-electron chi connectivity index (χ4n) is 1.53. The summed E-state index contributed by atoms with van der Waals surface area (Å²) in [7, 11) is 0. The van der Waals surface area contributed by atoms with Gasteiger partial charge in [-0.1, -0.05) is 0 Å². The molecule has 0 aliphatic carbocycles. The molecule has 0 aliphatic heterocycles. The first-order valence-corrected chi connectivity index (χ1v) is 5.28. The highest BCUT2D eigenvalue weighted by molar-refractivity contribution is 5.70. The molecule has 0 amide bonds. The standard InChI is InChI=1S/C10H10N6O2/c1-4-5(2)18-10(13-4)16-9-14-7-6(8(17)15-9)11-3-12-7/h3H,1-2H3,(H3,11,12,13,14,15,16,17). The lowest BCUT2D eigenvalue weighted by Gasteiger charge is -1.99. The predicted molar refractivity (Wildman–Crippen MR) is 63.8 cm³/mol. The number of imidazole rings is 1. The third-order valence-electron chi connectivity index (χ3n) is 2.55. The Morgan fingerprint density at radius 3 is 2.89 bits per heavy atom. The summed E-state index contributed by atoms with van der Waals surface area (Å²) in [5.74, 6) is 0.946. The largest absolute Gasteiger partial charge is 0.428 e. The molecular formula is C10H10N6O2. The van der Waals surface area contributed by atoms with Gasteiger partial charge in [0.05, 0.1) is 12.0 Å². The van der Waals surface area contributed by atoms with E-state index in [0.29, 0.717) is 16.9 Å². The summed E-state index contributed by atoms with van der Waals surface area (Å²) in [4.78, 5) is 29.1. The van der Waals surface area contributed by atoms with E-state index in [9.17, 15) is 4.79 Å². The van der Waals surface area contributed by atoms with Crippen LogP contribution in [0.1, 0.15) is 11.5 Å². The van der Waals surface area contributed by atoms with Gasteiger partial charge in [-0.25, -0.2) is 4.98 Å². The van der Waals surface area contributed by atoms with Crippen LogP contribution in [0.4, 0.5) is 12.0 Å². The molecule has 0 spiro atoms. The second kappa shape index (κ2) is 3.69. The van der Waals surface area contributed by atoms with Crippen LogP contribution in [0.15, 0.2) is 15.5 Å². The minimum Gasteiger partial charge on any atom is -0.428 e. The van der Waals surface area contributed by atoms with E-state index in [2.05, 4.69) is 30.2 Å². The Morgan fingerprint density at radius 1 is 1.33 bits per heavy atom. The van der Waals surface area contributed by atoms with Crippen LogP contribution in [0.25, 0.3) is 11.2 Å². The molecule has 8 nitrogen and oxygen atoms in total. The molecule has 3 N–H and O–H groups in total. The molecule has 0 aromatic carbocycles. The number of anilines is 2. The first kappa shape index (κ1) is 10.5. The number of rotatable bonds is 2. The number of fused-ring (bicyclic) bond motifs is 1. The lowest BCUT2D eigenvalue weighted by atomic mass is 10.4. The average molecular weight is 246 g/mol. The van der Waals surface area contributed by atoms with Gasteiger partial charge in [0, 0.05) is 0 Å². The molecule has 0 radical (unpaired) electrons. The highest BCUT2D eigenvalue weighted by Crippen LogP contribution is 2.16. The molecule has 8 heteroatoms. The number of hydrogen-bond acceptors (Lipinski definition) is 6. The Bertz CT molecular complexity index is 749. The first-order chi connectivity index (χ1) is 8.63. The molecule has 0 saturated carbocycles. The molecule has 0 bridgehead atoms. The van der Waals surface area contributed by atoms with Crippen molar-refractivity contribution in [3.8, 4) is 0 Å². The van der Waals surface area contributed by atoms with E-state index >= 15 is 0 Å². The first-order valence-electron chi connectivity index (χ1n) is 5.28. The van der Waals surface area contributed by atoms with Crippen LogP contribution in [0.5, 0.6) is 0 Å². The van der Waals surface area contributed by atoms with E-state index in [4.69, 9.17) is 4.42 Å². The van der Waals surface area contributed by atoms with Crippen molar-refractivity contribution in [2.45, 2.75) is 13.8 Å². The van der Waals surface area contributed by atoms with Crippen LogP contribution in [-0.4, -0.2) is 24.9 Å². The van der Waals surface area contributed by atoms with Crippen LogP contribution in [-0.2, 0) is 0 Å². The van der Waals surface area contributed by atoms with Crippen LogP contribution in [0.2, 0.25) is 0 Å². The number of H-pyrrole nitrogens is 2. The molecule has 3 aromatic heterocycles. The van der Waals surface area contributed by atoms with E-state index < -0.39 is 0 Å². The maximum atomic E-state index is 11.7. The van der Waals surface area contributed by atoms with Crippen molar-refractivity contribution in [1.82, 2.24) is 24.9 Å². The van der Waals surface area contributed by atoms with Crippen molar-refractivity contribution in [2.24, 2.45) is 0 Å². The second-order valence-electron chi connectivity index (χ2n) is 3.80. The van der Waals surface area contributed by atoms with E-state index in [-0.39, 0.29) is 17.5 Å².